The molecule has 1 saturated heterocycles. The number of nitrogens with two attached hydrogens (primary N) is 1. The fourth-order valence-electron chi connectivity index (χ4n) is 3.37. The smallest absolute Gasteiger partial charge is 0.0441 e. The molecule has 2 N–H and O–H groups in total. The van der Waals surface area contributed by atoms with Crippen LogP contribution in [0.3, 0.4) is 0 Å². The molecule has 134 valence electrons. The van der Waals surface area contributed by atoms with E-state index in [0.717, 1.165) is 63.7 Å². The molecule has 1 heterocycles. The predicted molar refractivity (Wildman–Crippen MR) is 106 cm³/mol. The summed E-state index contributed by atoms with van der Waals surface area (Å²) in [5.41, 5.74) is 9.48. The molecule has 0 spiro atoms. The van der Waals surface area contributed by atoms with E-state index >= 15 is 0 Å². The lowest BCUT2D eigenvalue weighted by molar-refractivity contribution is 0.127. The maximum atomic E-state index is 6.26. The van der Waals surface area contributed by atoms with Crippen LogP contribution in [-0.4, -0.2) is 49.1 Å². The van der Waals surface area contributed by atoms with Crippen LogP contribution in [0, 0.1) is 0 Å². The number of hydrogen-bond donors (Lipinski definition) is 1. The van der Waals surface area contributed by atoms with Gasteiger partial charge in [-0.1, -0.05) is 54.1 Å². The molecule has 1 aliphatic heterocycles. The molecular weight excluding hydrogens is 330 g/mol. The van der Waals surface area contributed by atoms with E-state index in [9.17, 15) is 0 Å². The van der Waals surface area contributed by atoms with Gasteiger partial charge in [0.05, 0.1) is 0 Å². The topological polar surface area (TPSA) is 32.5 Å². The molecule has 0 saturated carbocycles. The Kier molecular flexibility index (Phi) is 6.88. The van der Waals surface area contributed by atoms with Gasteiger partial charge in [0.2, 0.25) is 0 Å². The fraction of sp³-hybridized carbons (Fsp3) is 0.429. The van der Waals surface area contributed by atoms with Gasteiger partial charge in [-0.25, -0.2) is 0 Å². The zero-order valence-electron chi connectivity index (χ0n) is 14.8. The summed E-state index contributed by atoms with van der Waals surface area (Å²) in [6.45, 7) is 7.58. The number of rotatable bonds is 7. The Bertz CT molecular complexity index is 648. The van der Waals surface area contributed by atoms with Gasteiger partial charge >= 0.3 is 0 Å². The highest BCUT2D eigenvalue weighted by molar-refractivity contribution is 6.31. The van der Waals surface area contributed by atoms with Crippen molar-refractivity contribution in [3.63, 3.8) is 0 Å². The molecule has 0 aliphatic carbocycles. The Hall–Kier alpha value is -1.39. The molecule has 2 aromatic carbocycles. The number of nitrogens with zero attached hydrogens (tertiary/aromatic N) is 2. The molecule has 25 heavy (non-hydrogen) atoms. The van der Waals surface area contributed by atoms with Gasteiger partial charge in [0.1, 0.15) is 0 Å². The van der Waals surface area contributed by atoms with Gasteiger partial charge in [0.15, 0.2) is 0 Å². The Morgan fingerprint density at radius 1 is 0.840 bits per heavy atom. The summed E-state index contributed by atoms with van der Waals surface area (Å²) >= 11 is 6.26. The van der Waals surface area contributed by atoms with Crippen LogP contribution in [0.5, 0.6) is 0 Å². The first-order valence-corrected chi connectivity index (χ1v) is 9.58. The van der Waals surface area contributed by atoms with Crippen molar-refractivity contribution in [2.24, 2.45) is 5.73 Å². The van der Waals surface area contributed by atoms with Crippen molar-refractivity contribution in [2.75, 3.05) is 39.3 Å². The van der Waals surface area contributed by atoms with E-state index in [4.69, 9.17) is 17.3 Å². The highest BCUT2D eigenvalue weighted by Gasteiger charge is 2.16. The highest BCUT2D eigenvalue weighted by atomic mass is 35.5. The first-order valence-electron chi connectivity index (χ1n) is 9.20. The van der Waals surface area contributed by atoms with E-state index in [1.54, 1.807) is 0 Å². The third-order valence-corrected chi connectivity index (χ3v) is 5.29. The lowest BCUT2D eigenvalue weighted by atomic mass is 10.0. The number of halogens is 1. The highest BCUT2D eigenvalue weighted by Crippen LogP contribution is 2.19. The maximum absolute atomic E-state index is 6.26. The first-order chi connectivity index (χ1) is 12.2. The van der Waals surface area contributed by atoms with Crippen molar-refractivity contribution in [3.8, 4) is 0 Å². The number of hydrogen-bond acceptors (Lipinski definition) is 3. The van der Waals surface area contributed by atoms with Crippen LogP contribution >= 0.6 is 11.6 Å². The van der Waals surface area contributed by atoms with Gasteiger partial charge < -0.3 is 10.6 Å². The van der Waals surface area contributed by atoms with Crippen LogP contribution in [-0.2, 0) is 13.0 Å². The first kappa shape index (κ1) is 18.4. The average Bonchev–Trinajstić information content (AvgIpc) is 2.65. The van der Waals surface area contributed by atoms with Crippen molar-refractivity contribution in [2.45, 2.75) is 19.4 Å². The molecule has 0 radical (unpaired) electrons. The standard InChI is InChI=1S/C21H28ClN3/c22-21-5-2-1-4-20(21)16-18-6-8-19(9-7-18)17-25-14-12-24(13-15-25)11-3-10-23/h1-2,4-9H,3,10-17,23H2. The molecule has 0 aromatic heterocycles. The van der Waals surface area contributed by atoms with Crippen LogP contribution in [0.1, 0.15) is 23.1 Å². The van der Waals surface area contributed by atoms with Crippen molar-refractivity contribution in [1.29, 1.82) is 0 Å². The zero-order valence-corrected chi connectivity index (χ0v) is 15.6. The summed E-state index contributed by atoms with van der Waals surface area (Å²) in [5.74, 6) is 0. The van der Waals surface area contributed by atoms with E-state index in [1.165, 1.54) is 16.7 Å². The third-order valence-electron chi connectivity index (χ3n) is 4.92. The summed E-state index contributed by atoms with van der Waals surface area (Å²) in [7, 11) is 0. The largest absolute Gasteiger partial charge is 0.330 e. The SMILES string of the molecule is NCCCN1CCN(Cc2ccc(Cc3ccccc3Cl)cc2)CC1. The molecule has 2 aromatic rings. The molecule has 3 rings (SSSR count). The minimum absolute atomic E-state index is 0.792. The van der Waals surface area contributed by atoms with Crippen molar-refractivity contribution in [1.82, 2.24) is 9.80 Å². The van der Waals surface area contributed by atoms with Gasteiger partial charge in [-0.15, -0.1) is 0 Å². The summed E-state index contributed by atoms with van der Waals surface area (Å²) in [6, 6.07) is 17.1. The Balaban J connectivity index is 1.49. The minimum atomic E-state index is 0.792. The molecule has 1 fully saturated rings. The second-order valence-electron chi connectivity index (χ2n) is 6.84. The molecule has 0 bridgehead atoms. The van der Waals surface area contributed by atoms with Gasteiger partial charge in [-0.05, 0) is 48.7 Å². The normalized spacial score (nSPS) is 16.2. The summed E-state index contributed by atoms with van der Waals surface area (Å²) in [5, 5.41) is 0.846. The second-order valence-corrected chi connectivity index (χ2v) is 7.25. The van der Waals surface area contributed by atoms with Crippen molar-refractivity contribution in [3.05, 3.63) is 70.2 Å². The monoisotopic (exact) mass is 357 g/mol. The molecule has 0 atom stereocenters. The second kappa shape index (κ2) is 9.35. The van der Waals surface area contributed by atoms with Crippen molar-refractivity contribution >= 4 is 11.6 Å². The van der Waals surface area contributed by atoms with E-state index in [1.807, 2.05) is 18.2 Å². The molecule has 4 heteroatoms. The molecule has 1 aliphatic rings. The summed E-state index contributed by atoms with van der Waals surface area (Å²) in [4.78, 5) is 5.07. The van der Waals surface area contributed by atoms with Crippen LogP contribution in [0.2, 0.25) is 5.02 Å². The van der Waals surface area contributed by atoms with E-state index < -0.39 is 0 Å². The predicted octanol–water partition coefficient (Wildman–Crippen LogP) is 3.40. The van der Waals surface area contributed by atoms with Crippen LogP contribution in [0.15, 0.2) is 48.5 Å². The van der Waals surface area contributed by atoms with Gasteiger partial charge in [-0.3, -0.25) is 4.90 Å². The van der Waals surface area contributed by atoms with Crippen molar-refractivity contribution < 1.29 is 0 Å². The molecular formula is C21H28ClN3. The lowest BCUT2D eigenvalue weighted by Gasteiger charge is -2.34. The van der Waals surface area contributed by atoms with Gasteiger partial charge in [-0.2, -0.15) is 0 Å². The Labute approximate surface area is 156 Å². The number of benzene rings is 2. The number of piperazine rings is 1. The zero-order chi connectivity index (χ0) is 17.5. The fourth-order valence-corrected chi connectivity index (χ4v) is 3.57. The molecule has 0 amide bonds. The third kappa shape index (κ3) is 5.55. The van der Waals surface area contributed by atoms with Crippen LogP contribution in [0.25, 0.3) is 0 Å². The lowest BCUT2D eigenvalue weighted by Crippen LogP contribution is -2.46. The van der Waals surface area contributed by atoms with E-state index in [0.29, 0.717) is 0 Å². The average molecular weight is 358 g/mol. The quantitative estimate of drug-likeness (QED) is 0.824. The Morgan fingerprint density at radius 3 is 2.16 bits per heavy atom. The van der Waals surface area contributed by atoms with Gasteiger partial charge in [0.25, 0.3) is 0 Å². The van der Waals surface area contributed by atoms with Crippen LogP contribution < -0.4 is 5.73 Å². The molecule has 3 nitrogen and oxygen atoms in total. The van der Waals surface area contributed by atoms with Crippen LogP contribution in [0.4, 0.5) is 0 Å². The van der Waals surface area contributed by atoms with E-state index in [-0.39, 0.29) is 0 Å². The maximum Gasteiger partial charge on any atom is 0.0441 e. The minimum Gasteiger partial charge on any atom is -0.330 e. The molecule has 0 unspecified atom stereocenters. The summed E-state index contributed by atoms with van der Waals surface area (Å²) < 4.78 is 0. The van der Waals surface area contributed by atoms with Gasteiger partial charge in [0, 0.05) is 37.7 Å². The van der Waals surface area contributed by atoms with E-state index in [2.05, 4.69) is 40.1 Å². The Morgan fingerprint density at radius 2 is 1.48 bits per heavy atom. The summed E-state index contributed by atoms with van der Waals surface area (Å²) in [6.07, 6.45) is 1.99.